The van der Waals surface area contributed by atoms with Crippen LogP contribution in [0.5, 0.6) is 11.6 Å². The van der Waals surface area contributed by atoms with Gasteiger partial charge in [0.1, 0.15) is 11.6 Å². The fourth-order valence-electron chi connectivity index (χ4n) is 3.23. The predicted molar refractivity (Wildman–Crippen MR) is 129 cm³/mol. The maximum Gasteiger partial charge on any atom is 0.257 e. The number of carbonyl (C=O) groups is 1. The molecule has 1 N–H and O–H groups in total. The number of benzene rings is 2. The van der Waals surface area contributed by atoms with E-state index in [-0.39, 0.29) is 10.9 Å². The Balaban J connectivity index is 1.50. The monoisotopic (exact) mass is 481 g/mol. The minimum atomic E-state index is -0.332. The maximum absolute atomic E-state index is 12.5. The number of nitrogens with one attached hydrogen (secondary N) is 1. The number of aromatic nitrogens is 4. The summed E-state index contributed by atoms with van der Waals surface area (Å²) in [5.74, 6) is 1.83. The van der Waals surface area contributed by atoms with Crippen molar-refractivity contribution in [2.45, 2.75) is 27.7 Å². The molecule has 0 unspecified atom stereocenters. The Morgan fingerprint density at radius 3 is 2.33 bits per heavy atom. The van der Waals surface area contributed by atoms with Crippen LogP contribution in [0.15, 0.2) is 48.5 Å². The molecule has 0 fully saturated rings. The summed E-state index contributed by atoms with van der Waals surface area (Å²) in [7, 11) is 0. The van der Waals surface area contributed by atoms with E-state index in [4.69, 9.17) is 27.9 Å². The second kappa shape index (κ2) is 9.21. The van der Waals surface area contributed by atoms with Crippen molar-refractivity contribution in [3.05, 3.63) is 86.9 Å². The van der Waals surface area contributed by atoms with Crippen molar-refractivity contribution in [1.29, 1.82) is 0 Å². The molecule has 0 bridgehead atoms. The summed E-state index contributed by atoms with van der Waals surface area (Å²) in [5, 5.41) is 8.11. The van der Waals surface area contributed by atoms with Gasteiger partial charge in [-0.05, 0) is 75.7 Å². The summed E-state index contributed by atoms with van der Waals surface area (Å²) in [5.41, 5.74) is 4.01. The van der Waals surface area contributed by atoms with Crippen molar-refractivity contribution in [1.82, 2.24) is 19.7 Å². The number of rotatable bonds is 5. The number of hydrogen-bond acceptors (Lipinski definition) is 5. The predicted octanol–water partition coefficient (Wildman–Crippen LogP) is 6.25. The van der Waals surface area contributed by atoms with Gasteiger partial charge in [0.2, 0.25) is 5.88 Å². The normalized spacial score (nSPS) is 10.8. The average molecular weight is 482 g/mol. The lowest BCUT2D eigenvalue weighted by atomic mass is 10.2. The minimum absolute atomic E-state index is 0.285. The molecule has 168 valence electrons. The summed E-state index contributed by atoms with van der Waals surface area (Å²) in [6.07, 6.45) is 0. The molecule has 0 aliphatic heterocycles. The van der Waals surface area contributed by atoms with E-state index >= 15 is 0 Å². The van der Waals surface area contributed by atoms with E-state index in [9.17, 15) is 4.79 Å². The number of amides is 1. The molecule has 2 heterocycles. The van der Waals surface area contributed by atoms with Crippen molar-refractivity contribution in [2.24, 2.45) is 0 Å². The van der Waals surface area contributed by atoms with Crippen molar-refractivity contribution in [2.75, 3.05) is 5.32 Å². The second-order valence-electron chi connectivity index (χ2n) is 7.52. The molecule has 1 amide bonds. The van der Waals surface area contributed by atoms with Gasteiger partial charge in [-0.25, -0.2) is 9.67 Å². The zero-order chi connectivity index (χ0) is 23.7. The third-order valence-corrected chi connectivity index (χ3v) is 5.73. The molecule has 0 spiro atoms. The summed E-state index contributed by atoms with van der Waals surface area (Å²) < 4.78 is 7.72. The first-order valence-corrected chi connectivity index (χ1v) is 10.9. The van der Waals surface area contributed by atoms with Crippen LogP contribution in [-0.4, -0.2) is 25.7 Å². The summed E-state index contributed by atoms with van der Waals surface area (Å²) in [6, 6.07) is 13.4. The molecule has 4 aromatic rings. The number of carbonyl (C=O) groups excluding carboxylic acids is 1. The molecular weight excluding hydrogens is 461 g/mol. The first-order chi connectivity index (χ1) is 15.7. The molecule has 2 aromatic carbocycles. The summed E-state index contributed by atoms with van der Waals surface area (Å²) in [6.45, 7) is 7.79. The Morgan fingerprint density at radius 1 is 0.970 bits per heavy atom. The number of aryl methyl sites for hydroxylation is 2. The third-order valence-electron chi connectivity index (χ3n) is 5.18. The maximum atomic E-state index is 12.5. The Bertz CT molecular complexity index is 1350. The molecule has 0 saturated carbocycles. The zero-order valence-corrected chi connectivity index (χ0v) is 20.0. The Hall–Kier alpha value is -3.42. The lowest BCUT2D eigenvalue weighted by Gasteiger charge is -2.10. The van der Waals surface area contributed by atoms with Crippen LogP contribution in [0.2, 0.25) is 10.0 Å². The molecule has 0 aliphatic rings. The molecule has 0 aliphatic carbocycles. The SMILES string of the molecule is Cc1nc(Oc2ccc(NC(=O)c3ccc(Cl)cc3Cl)cc2)cc(-n2nc(C)c(C)c2C)n1. The van der Waals surface area contributed by atoms with Gasteiger partial charge in [-0.15, -0.1) is 0 Å². The van der Waals surface area contributed by atoms with Crippen LogP contribution in [0.25, 0.3) is 5.82 Å². The molecule has 0 radical (unpaired) electrons. The van der Waals surface area contributed by atoms with E-state index in [1.165, 1.54) is 6.07 Å². The van der Waals surface area contributed by atoms with Gasteiger partial charge >= 0.3 is 0 Å². The number of nitrogens with zero attached hydrogens (tertiary/aromatic N) is 4. The van der Waals surface area contributed by atoms with Crippen LogP contribution in [0.4, 0.5) is 5.69 Å². The van der Waals surface area contributed by atoms with Crippen LogP contribution in [-0.2, 0) is 0 Å². The number of ether oxygens (including phenoxy) is 1. The van der Waals surface area contributed by atoms with E-state index in [0.717, 1.165) is 17.0 Å². The standard InChI is InChI=1S/C24H21Cl2N5O2/c1-13-14(2)30-31(15(13)3)22-12-23(28-16(4)27-22)33-19-8-6-18(7-9-19)29-24(32)20-10-5-17(25)11-21(20)26/h5-12H,1-4H3,(H,29,32). The fourth-order valence-corrected chi connectivity index (χ4v) is 3.72. The summed E-state index contributed by atoms with van der Waals surface area (Å²) >= 11 is 12.0. The number of anilines is 1. The Morgan fingerprint density at radius 2 is 1.70 bits per heavy atom. The average Bonchev–Trinajstić information content (AvgIpc) is 3.02. The van der Waals surface area contributed by atoms with Gasteiger partial charge in [0, 0.05) is 22.5 Å². The topological polar surface area (TPSA) is 81.9 Å². The van der Waals surface area contributed by atoms with Gasteiger partial charge in [-0.3, -0.25) is 4.79 Å². The van der Waals surface area contributed by atoms with Crippen LogP contribution in [0.1, 0.15) is 33.1 Å². The molecule has 9 heteroatoms. The highest BCUT2D eigenvalue weighted by atomic mass is 35.5. The van der Waals surface area contributed by atoms with Crippen LogP contribution < -0.4 is 10.1 Å². The van der Waals surface area contributed by atoms with Crippen molar-refractivity contribution in [3.8, 4) is 17.4 Å². The molecule has 0 saturated heterocycles. The largest absolute Gasteiger partial charge is 0.439 e. The van der Waals surface area contributed by atoms with Crippen molar-refractivity contribution in [3.63, 3.8) is 0 Å². The lowest BCUT2D eigenvalue weighted by Crippen LogP contribution is -2.12. The van der Waals surface area contributed by atoms with E-state index in [1.807, 2.05) is 20.8 Å². The Labute approximate surface area is 201 Å². The van der Waals surface area contributed by atoms with Gasteiger partial charge in [-0.1, -0.05) is 23.2 Å². The highest BCUT2D eigenvalue weighted by Crippen LogP contribution is 2.26. The first kappa shape index (κ1) is 22.8. The highest BCUT2D eigenvalue weighted by Gasteiger charge is 2.14. The first-order valence-electron chi connectivity index (χ1n) is 10.1. The van der Waals surface area contributed by atoms with Crippen LogP contribution >= 0.6 is 23.2 Å². The van der Waals surface area contributed by atoms with Crippen molar-refractivity contribution >= 4 is 34.8 Å². The zero-order valence-electron chi connectivity index (χ0n) is 18.5. The van der Waals surface area contributed by atoms with Crippen molar-refractivity contribution < 1.29 is 9.53 Å². The number of hydrogen-bond donors (Lipinski definition) is 1. The van der Waals surface area contributed by atoms with Gasteiger partial charge in [0.05, 0.1) is 16.3 Å². The van der Waals surface area contributed by atoms with E-state index in [0.29, 0.717) is 39.5 Å². The van der Waals surface area contributed by atoms with E-state index in [1.54, 1.807) is 54.1 Å². The van der Waals surface area contributed by atoms with Gasteiger partial charge in [0.15, 0.2) is 5.82 Å². The molecular formula is C24H21Cl2N5O2. The third kappa shape index (κ3) is 4.99. The van der Waals surface area contributed by atoms with Gasteiger partial charge in [-0.2, -0.15) is 10.1 Å². The Kier molecular flexibility index (Phi) is 6.35. The van der Waals surface area contributed by atoms with E-state index < -0.39 is 0 Å². The quantitative estimate of drug-likeness (QED) is 0.364. The molecule has 4 rings (SSSR count). The van der Waals surface area contributed by atoms with Crippen LogP contribution in [0, 0.1) is 27.7 Å². The van der Waals surface area contributed by atoms with Gasteiger partial charge in [0.25, 0.3) is 5.91 Å². The lowest BCUT2D eigenvalue weighted by molar-refractivity contribution is 0.102. The summed E-state index contributed by atoms with van der Waals surface area (Å²) in [4.78, 5) is 21.4. The molecule has 2 aromatic heterocycles. The van der Waals surface area contributed by atoms with Gasteiger partial charge < -0.3 is 10.1 Å². The second-order valence-corrected chi connectivity index (χ2v) is 8.37. The molecule has 33 heavy (non-hydrogen) atoms. The highest BCUT2D eigenvalue weighted by molar-refractivity contribution is 6.37. The number of halogens is 2. The molecule has 0 atom stereocenters. The van der Waals surface area contributed by atoms with E-state index in [2.05, 4.69) is 20.4 Å². The van der Waals surface area contributed by atoms with Crippen LogP contribution in [0.3, 0.4) is 0 Å². The fraction of sp³-hybridized carbons (Fsp3) is 0.167. The smallest absolute Gasteiger partial charge is 0.257 e. The molecule has 7 nitrogen and oxygen atoms in total. The minimum Gasteiger partial charge on any atom is -0.439 e.